The number of hydrogen-bond donors (Lipinski definition) is 0. The van der Waals surface area contributed by atoms with Crippen LogP contribution >= 0.6 is 0 Å². The maximum Gasteiger partial charge on any atom is 0.374 e. The molecule has 0 radical (unpaired) electrons. The van der Waals surface area contributed by atoms with Crippen LogP contribution < -0.4 is 0 Å². The molecular weight excluding hydrogens is 223 g/mol. The summed E-state index contributed by atoms with van der Waals surface area (Å²) in [6.45, 7) is 2.02. The fourth-order valence-electron chi connectivity index (χ4n) is 1.42. The van der Waals surface area contributed by atoms with Crippen LogP contribution in [0.25, 0.3) is 11.3 Å². The molecule has 17 heavy (non-hydrogen) atoms. The van der Waals surface area contributed by atoms with Crippen molar-refractivity contribution < 1.29 is 18.3 Å². The van der Waals surface area contributed by atoms with E-state index in [2.05, 4.69) is 0 Å². The molecule has 0 spiro atoms. The SMILES string of the molecule is CCOC(=O)c1ccc(-c2ccc(F)cc2)o1. The van der Waals surface area contributed by atoms with Gasteiger partial charge in [-0.25, -0.2) is 9.18 Å². The van der Waals surface area contributed by atoms with Crippen LogP contribution in [0.5, 0.6) is 0 Å². The van der Waals surface area contributed by atoms with Crippen molar-refractivity contribution >= 4 is 5.97 Å². The Morgan fingerprint density at radius 1 is 1.24 bits per heavy atom. The standard InChI is InChI=1S/C13H11FO3/c1-2-16-13(15)12-8-7-11(17-12)9-3-5-10(14)6-4-9/h3-8H,2H2,1H3. The second kappa shape index (κ2) is 4.82. The molecule has 2 rings (SSSR count). The highest BCUT2D eigenvalue weighted by molar-refractivity contribution is 5.87. The lowest BCUT2D eigenvalue weighted by Gasteiger charge is -1.98. The van der Waals surface area contributed by atoms with Crippen LogP contribution in [0.3, 0.4) is 0 Å². The summed E-state index contributed by atoms with van der Waals surface area (Å²) in [6, 6.07) is 9.03. The maximum atomic E-state index is 12.7. The van der Waals surface area contributed by atoms with Crippen molar-refractivity contribution in [3.63, 3.8) is 0 Å². The van der Waals surface area contributed by atoms with Crippen LogP contribution in [0.2, 0.25) is 0 Å². The van der Waals surface area contributed by atoms with Crippen molar-refractivity contribution in [3.8, 4) is 11.3 Å². The molecule has 0 N–H and O–H groups in total. The fraction of sp³-hybridized carbons (Fsp3) is 0.154. The van der Waals surface area contributed by atoms with E-state index in [1.54, 1.807) is 25.1 Å². The van der Waals surface area contributed by atoms with E-state index < -0.39 is 5.97 Å². The van der Waals surface area contributed by atoms with Gasteiger partial charge in [0.05, 0.1) is 6.61 Å². The molecule has 3 nitrogen and oxygen atoms in total. The molecule has 0 aliphatic heterocycles. The van der Waals surface area contributed by atoms with Gasteiger partial charge in [0.25, 0.3) is 0 Å². The van der Waals surface area contributed by atoms with E-state index in [1.165, 1.54) is 18.2 Å². The first-order valence-corrected chi connectivity index (χ1v) is 5.23. The summed E-state index contributed by atoms with van der Waals surface area (Å²) in [5.41, 5.74) is 0.710. The lowest BCUT2D eigenvalue weighted by Crippen LogP contribution is -2.02. The summed E-state index contributed by atoms with van der Waals surface area (Å²) in [4.78, 5) is 11.4. The van der Waals surface area contributed by atoms with Crippen LogP contribution in [0.1, 0.15) is 17.5 Å². The molecule has 0 saturated carbocycles. The number of halogens is 1. The predicted octanol–water partition coefficient (Wildman–Crippen LogP) is 3.26. The Kier molecular flexibility index (Phi) is 3.23. The molecule has 0 aliphatic rings. The molecule has 0 amide bonds. The number of esters is 1. The molecule has 88 valence electrons. The minimum Gasteiger partial charge on any atom is -0.460 e. The van der Waals surface area contributed by atoms with Crippen molar-refractivity contribution in [1.82, 2.24) is 0 Å². The molecule has 2 aromatic rings. The molecule has 0 fully saturated rings. The third-order valence-corrected chi connectivity index (χ3v) is 2.21. The second-order valence-corrected chi connectivity index (χ2v) is 3.39. The van der Waals surface area contributed by atoms with E-state index in [9.17, 15) is 9.18 Å². The highest BCUT2D eigenvalue weighted by Gasteiger charge is 2.12. The van der Waals surface area contributed by atoms with Crippen LogP contribution in [-0.4, -0.2) is 12.6 Å². The predicted molar refractivity (Wildman–Crippen MR) is 60.1 cm³/mol. The maximum absolute atomic E-state index is 12.7. The first-order chi connectivity index (χ1) is 8.20. The van der Waals surface area contributed by atoms with Crippen molar-refractivity contribution in [1.29, 1.82) is 0 Å². The molecule has 0 bridgehead atoms. The van der Waals surface area contributed by atoms with E-state index in [4.69, 9.17) is 9.15 Å². The van der Waals surface area contributed by atoms with Crippen LogP contribution in [0.4, 0.5) is 4.39 Å². The third-order valence-electron chi connectivity index (χ3n) is 2.21. The highest BCUT2D eigenvalue weighted by Crippen LogP contribution is 2.22. The van der Waals surface area contributed by atoms with Crippen molar-refractivity contribution in [2.75, 3.05) is 6.61 Å². The zero-order chi connectivity index (χ0) is 12.3. The number of benzene rings is 1. The topological polar surface area (TPSA) is 39.4 Å². The Balaban J connectivity index is 2.23. The van der Waals surface area contributed by atoms with Gasteiger partial charge in [-0.15, -0.1) is 0 Å². The minimum absolute atomic E-state index is 0.145. The number of carbonyl (C=O) groups is 1. The second-order valence-electron chi connectivity index (χ2n) is 3.39. The van der Waals surface area contributed by atoms with Crippen LogP contribution in [0, 0.1) is 5.82 Å². The summed E-state index contributed by atoms with van der Waals surface area (Å²) in [6.07, 6.45) is 0. The minimum atomic E-state index is -0.499. The monoisotopic (exact) mass is 234 g/mol. The highest BCUT2D eigenvalue weighted by atomic mass is 19.1. The summed E-state index contributed by atoms with van der Waals surface area (Å²) in [7, 11) is 0. The van der Waals surface area contributed by atoms with Gasteiger partial charge in [0.2, 0.25) is 5.76 Å². The first kappa shape index (κ1) is 11.4. The van der Waals surface area contributed by atoms with Gasteiger partial charge in [-0.2, -0.15) is 0 Å². The molecule has 0 unspecified atom stereocenters. The largest absolute Gasteiger partial charge is 0.460 e. The van der Waals surface area contributed by atoms with Gasteiger partial charge < -0.3 is 9.15 Å². The third kappa shape index (κ3) is 2.53. The zero-order valence-corrected chi connectivity index (χ0v) is 9.27. The van der Waals surface area contributed by atoms with Gasteiger partial charge in [-0.05, 0) is 43.3 Å². The Bertz CT molecular complexity index is 514. The summed E-state index contributed by atoms with van der Waals surface area (Å²) >= 11 is 0. The smallest absolute Gasteiger partial charge is 0.374 e. The number of hydrogen-bond acceptors (Lipinski definition) is 3. The van der Waals surface area contributed by atoms with E-state index in [-0.39, 0.29) is 11.6 Å². The Morgan fingerprint density at radius 3 is 2.59 bits per heavy atom. The van der Waals surface area contributed by atoms with Crippen LogP contribution in [-0.2, 0) is 4.74 Å². The first-order valence-electron chi connectivity index (χ1n) is 5.23. The Labute approximate surface area is 97.8 Å². The summed E-state index contributed by atoms with van der Waals surface area (Å²) in [5.74, 6) is -0.161. The lowest BCUT2D eigenvalue weighted by molar-refractivity contribution is 0.0491. The normalized spacial score (nSPS) is 10.2. The average molecular weight is 234 g/mol. The van der Waals surface area contributed by atoms with Gasteiger partial charge >= 0.3 is 5.97 Å². The number of carbonyl (C=O) groups excluding carboxylic acids is 1. The van der Waals surface area contributed by atoms with Gasteiger partial charge in [-0.1, -0.05) is 0 Å². The number of rotatable bonds is 3. The van der Waals surface area contributed by atoms with E-state index in [1.807, 2.05) is 0 Å². The molecule has 0 saturated heterocycles. The Hall–Kier alpha value is -2.10. The molecule has 4 heteroatoms. The molecule has 0 atom stereocenters. The van der Waals surface area contributed by atoms with Gasteiger partial charge in [0.15, 0.2) is 0 Å². The van der Waals surface area contributed by atoms with E-state index >= 15 is 0 Å². The quantitative estimate of drug-likeness (QED) is 0.765. The Morgan fingerprint density at radius 2 is 1.94 bits per heavy atom. The van der Waals surface area contributed by atoms with Gasteiger partial charge in [0.1, 0.15) is 11.6 Å². The fourth-order valence-corrected chi connectivity index (χ4v) is 1.42. The molecule has 1 aromatic carbocycles. The molecule has 0 aliphatic carbocycles. The van der Waals surface area contributed by atoms with Crippen molar-refractivity contribution in [2.24, 2.45) is 0 Å². The van der Waals surface area contributed by atoms with E-state index in [0.717, 1.165) is 0 Å². The summed E-state index contributed by atoms with van der Waals surface area (Å²) < 4.78 is 22.9. The summed E-state index contributed by atoms with van der Waals surface area (Å²) in [5, 5.41) is 0. The molecule has 1 aromatic heterocycles. The number of furan rings is 1. The zero-order valence-electron chi connectivity index (χ0n) is 9.27. The molecule has 1 heterocycles. The van der Waals surface area contributed by atoms with Crippen LogP contribution in [0.15, 0.2) is 40.8 Å². The number of ether oxygens (including phenoxy) is 1. The van der Waals surface area contributed by atoms with Gasteiger partial charge in [-0.3, -0.25) is 0 Å². The average Bonchev–Trinajstić information content (AvgIpc) is 2.80. The van der Waals surface area contributed by atoms with Gasteiger partial charge in [0, 0.05) is 5.56 Å². The van der Waals surface area contributed by atoms with Crippen molar-refractivity contribution in [3.05, 3.63) is 48.0 Å². The van der Waals surface area contributed by atoms with E-state index in [0.29, 0.717) is 17.9 Å². The lowest BCUT2D eigenvalue weighted by atomic mass is 10.2. The molecular formula is C13H11FO3. The van der Waals surface area contributed by atoms with Crippen molar-refractivity contribution in [2.45, 2.75) is 6.92 Å².